The minimum Gasteiger partial charge on any atom is -0.493 e. The molecule has 9 nitrogen and oxygen atoms in total. The summed E-state index contributed by atoms with van der Waals surface area (Å²) >= 11 is 0. The van der Waals surface area contributed by atoms with Crippen LogP contribution in [0.5, 0.6) is 11.5 Å². The first-order chi connectivity index (χ1) is 15.5. The zero-order valence-electron chi connectivity index (χ0n) is 20.8. The second-order valence-corrected chi connectivity index (χ2v) is 9.39. The molecule has 33 heavy (non-hydrogen) atoms. The van der Waals surface area contributed by atoms with Crippen molar-refractivity contribution in [1.29, 1.82) is 0 Å². The van der Waals surface area contributed by atoms with Gasteiger partial charge in [0, 0.05) is 38.3 Å². The third-order valence-electron chi connectivity index (χ3n) is 5.22. The Balaban J connectivity index is 2.22. The van der Waals surface area contributed by atoms with E-state index in [9.17, 15) is 14.7 Å². The highest BCUT2D eigenvalue weighted by Crippen LogP contribution is 2.30. The van der Waals surface area contributed by atoms with Gasteiger partial charge in [0.2, 0.25) is 0 Å². The van der Waals surface area contributed by atoms with Gasteiger partial charge in [-0.05, 0) is 52.8 Å². The van der Waals surface area contributed by atoms with Gasteiger partial charge in [0.05, 0.1) is 32.4 Å². The SMILES string of the molecule is COCCCOc1cc(C(=O)N(C(C)C)[C@@H]2CN(C(=O)OC(C)(C)C)C[C@H]2O)ccc1OC. The van der Waals surface area contributed by atoms with Crippen LogP contribution >= 0.6 is 0 Å². The van der Waals surface area contributed by atoms with Gasteiger partial charge in [0.1, 0.15) is 5.60 Å². The Hall–Kier alpha value is -2.52. The molecule has 1 saturated heterocycles. The number of ether oxygens (including phenoxy) is 4. The number of β-amino-alcohol motifs (C(OH)–C–C–N with tert-alkyl or cyclic N) is 1. The van der Waals surface area contributed by atoms with Crippen molar-refractivity contribution in [3.63, 3.8) is 0 Å². The highest BCUT2D eigenvalue weighted by atomic mass is 16.6. The Morgan fingerprint density at radius 2 is 1.85 bits per heavy atom. The highest BCUT2D eigenvalue weighted by Gasteiger charge is 2.42. The molecule has 0 aliphatic carbocycles. The number of carbonyl (C=O) groups excluding carboxylic acids is 2. The van der Waals surface area contributed by atoms with Gasteiger partial charge in [-0.1, -0.05) is 0 Å². The number of aliphatic hydroxyl groups is 1. The van der Waals surface area contributed by atoms with Crippen LogP contribution in [0.3, 0.4) is 0 Å². The van der Waals surface area contributed by atoms with Crippen LogP contribution in [0.25, 0.3) is 0 Å². The molecule has 0 bridgehead atoms. The number of hydrogen-bond acceptors (Lipinski definition) is 7. The van der Waals surface area contributed by atoms with Crippen molar-refractivity contribution in [2.75, 3.05) is 40.5 Å². The number of nitrogens with zero attached hydrogens (tertiary/aromatic N) is 2. The Labute approximate surface area is 196 Å². The molecule has 0 radical (unpaired) electrons. The lowest BCUT2D eigenvalue weighted by Gasteiger charge is -2.34. The molecule has 1 aromatic carbocycles. The quantitative estimate of drug-likeness (QED) is 0.559. The van der Waals surface area contributed by atoms with Crippen LogP contribution < -0.4 is 9.47 Å². The second kappa shape index (κ2) is 11.6. The largest absolute Gasteiger partial charge is 0.493 e. The van der Waals surface area contributed by atoms with Gasteiger partial charge in [-0.15, -0.1) is 0 Å². The first-order valence-corrected chi connectivity index (χ1v) is 11.3. The third kappa shape index (κ3) is 7.23. The zero-order chi connectivity index (χ0) is 24.8. The average Bonchev–Trinajstić information content (AvgIpc) is 3.11. The lowest BCUT2D eigenvalue weighted by Crippen LogP contribution is -2.50. The fourth-order valence-electron chi connectivity index (χ4n) is 3.74. The number of hydrogen-bond donors (Lipinski definition) is 1. The molecule has 1 heterocycles. The predicted octanol–water partition coefficient (Wildman–Crippen LogP) is 2.94. The molecule has 2 rings (SSSR count). The van der Waals surface area contributed by atoms with E-state index >= 15 is 0 Å². The number of carbonyl (C=O) groups is 2. The molecule has 1 N–H and O–H groups in total. The van der Waals surface area contributed by atoms with Crippen LogP contribution in [0.4, 0.5) is 4.79 Å². The standard InChI is InChI=1S/C24H38N2O7/c1-16(2)26(18-14-25(15-19(18)27)23(29)33-24(3,4)5)22(28)17-9-10-20(31-7)21(13-17)32-12-8-11-30-6/h9-10,13,16,18-19,27H,8,11-12,14-15H2,1-7H3/t18-,19-/m1/s1. The molecular formula is C24H38N2O7. The summed E-state index contributed by atoms with van der Waals surface area (Å²) < 4.78 is 21.6. The van der Waals surface area contributed by atoms with Gasteiger partial charge >= 0.3 is 6.09 Å². The molecule has 1 aliphatic heterocycles. The van der Waals surface area contributed by atoms with Gasteiger partial charge in [-0.3, -0.25) is 4.79 Å². The van der Waals surface area contributed by atoms with E-state index in [0.717, 1.165) is 0 Å². The monoisotopic (exact) mass is 466 g/mol. The number of rotatable bonds is 9. The first-order valence-electron chi connectivity index (χ1n) is 11.3. The van der Waals surface area contributed by atoms with Gasteiger partial charge in [0.15, 0.2) is 11.5 Å². The van der Waals surface area contributed by atoms with E-state index in [1.165, 1.54) is 4.90 Å². The minimum atomic E-state index is -0.883. The van der Waals surface area contributed by atoms with E-state index in [1.807, 2.05) is 13.8 Å². The van der Waals surface area contributed by atoms with Crippen LogP contribution in [-0.2, 0) is 9.47 Å². The van der Waals surface area contributed by atoms with Crippen LogP contribution in [0.1, 0.15) is 51.4 Å². The molecule has 186 valence electrons. The molecule has 2 amide bonds. The van der Waals surface area contributed by atoms with Crippen molar-refractivity contribution in [3.05, 3.63) is 23.8 Å². The molecule has 1 aliphatic rings. The summed E-state index contributed by atoms with van der Waals surface area (Å²) in [4.78, 5) is 29.1. The molecule has 0 unspecified atom stereocenters. The van der Waals surface area contributed by atoms with Crippen molar-refractivity contribution >= 4 is 12.0 Å². The van der Waals surface area contributed by atoms with E-state index < -0.39 is 23.8 Å². The Bertz CT molecular complexity index is 806. The summed E-state index contributed by atoms with van der Waals surface area (Å²) in [6, 6.07) is 4.25. The summed E-state index contributed by atoms with van der Waals surface area (Å²) in [6.07, 6.45) is -0.687. The third-order valence-corrected chi connectivity index (χ3v) is 5.22. The van der Waals surface area contributed by atoms with E-state index in [1.54, 1.807) is 58.1 Å². The Morgan fingerprint density at radius 1 is 1.15 bits per heavy atom. The molecule has 1 aromatic rings. The fourth-order valence-corrected chi connectivity index (χ4v) is 3.74. The van der Waals surface area contributed by atoms with Gasteiger partial charge < -0.3 is 33.9 Å². The number of benzene rings is 1. The van der Waals surface area contributed by atoms with Gasteiger partial charge in [-0.25, -0.2) is 4.79 Å². The van der Waals surface area contributed by atoms with Crippen LogP contribution in [0, 0.1) is 0 Å². The molecule has 2 atom stereocenters. The van der Waals surface area contributed by atoms with Crippen molar-refractivity contribution in [2.24, 2.45) is 0 Å². The fraction of sp³-hybridized carbons (Fsp3) is 0.667. The van der Waals surface area contributed by atoms with Crippen LogP contribution in [-0.4, -0.2) is 91.2 Å². The molecule has 9 heteroatoms. The average molecular weight is 467 g/mol. The highest BCUT2D eigenvalue weighted by molar-refractivity contribution is 5.95. The zero-order valence-corrected chi connectivity index (χ0v) is 20.8. The van der Waals surface area contributed by atoms with E-state index in [2.05, 4.69) is 0 Å². The summed E-state index contributed by atoms with van der Waals surface area (Å²) in [5.74, 6) is 0.729. The summed E-state index contributed by atoms with van der Waals surface area (Å²) in [6.45, 7) is 10.4. The number of aliphatic hydroxyl groups excluding tert-OH is 1. The number of amides is 2. The van der Waals surface area contributed by atoms with Gasteiger partial charge in [0.25, 0.3) is 5.91 Å². The van der Waals surface area contributed by atoms with Crippen LogP contribution in [0.15, 0.2) is 18.2 Å². The Morgan fingerprint density at radius 3 is 2.42 bits per heavy atom. The van der Waals surface area contributed by atoms with Gasteiger partial charge in [-0.2, -0.15) is 0 Å². The molecule has 0 saturated carbocycles. The number of methoxy groups -OCH3 is 2. The topological polar surface area (TPSA) is 97.8 Å². The van der Waals surface area contributed by atoms with Crippen LogP contribution in [0.2, 0.25) is 0 Å². The molecule has 0 aromatic heterocycles. The lowest BCUT2D eigenvalue weighted by atomic mass is 10.1. The summed E-state index contributed by atoms with van der Waals surface area (Å²) in [7, 11) is 3.17. The maximum Gasteiger partial charge on any atom is 0.410 e. The second-order valence-electron chi connectivity index (χ2n) is 9.39. The maximum absolute atomic E-state index is 13.5. The number of likely N-dealkylation sites (tertiary alicyclic amines) is 1. The molecular weight excluding hydrogens is 428 g/mol. The normalized spacial score (nSPS) is 18.4. The Kier molecular flexibility index (Phi) is 9.36. The van der Waals surface area contributed by atoms with Crippen molar-refractivity contribution in [2.45, 2.75) is 64.8 Å². The van der Waals surface area contributed by atoms with E-state index in [0.29, 0.717) is 36.7 Å². The molecule has 0 spiro atoms. The summed E-state index contributed by atoms with van der Waals surface area (Å²) in [5.41, 5.74) is -0.231. The molecule has 1 fully saturated rings. The minimum absolute atomic E-state index is 0.104. The summed E-state index contributed by atoms with van der Waals surface area (Å²) in [5, 5.41) is 10.7. The lowest BCUT2D eigenvalue weighted by molar-refractivity contribution is 0.0266. The van der Waals surface area contributed by atoms with Crippen molar-refractivity contribution < 1.29 is 33.6 Å². The predicted molar refractivity (Wildman–Crippen MR) is 124 cm³/mol. The van der Waals surface area contributed by atoms with E-state index in [4.69, 9.17) is 18.9 Å². The van der Waals surface area contributed by atoms with Crippen molar-refractivity contribution in [1.82, 2.24) is 9.80 Å². The maximum atomic E-state index is 13.5. The van der Waals surface area contributed by atoms with Crippen molar-refractivity contribution in [3.8, 4) is 11.5 Å². The smallest absolute Gasteiger partial charge is 0.410 e. The van der Waals surface area contributed by atoms with E-state index in [-0.39, 0.29) is 25.0 Å². The first kappa shape index (κ1) is 26.7.